The van der Waals surface area contributed by atoms with E-state index < -0.39 is 15.7 Å². The van der Waals surface area contributed by atoms with Crippen LogP contribution in [-0.4, -0.2) is 30.8 Å². The van der Waals surface area contributed by atoms with E-state index in [0.29, 0.717) is 0 Å². The van der Waals surface area contributed by atoms with E-state index in [1.54, 1.807) is 0 Å². The Morgan fingerprint density at radius 3 is 2.85 bits per heavy atom. The van der Waals surface area contributed by atoms with Crippen molar-refractivity contribution in [3.63, 3.8) is 0 Å². The Morgan fingerprint density at radius 2 is 2.20 bits per heavy atom. The van der Waals surface area contributed by atoms with Crippen LogP contribution in [0.5, 0.6) is 0 Å². The summed E-state index contributed by atoms with van der Waals surface area (Å²) in [6.45, 7) is 0. The third-order valence-corrected chi connectivity index (χ3v) is 3.63. The fraction of sp³-hybridized carbons (Fsp3) is 0.0833. The third kappa shape index (κ3) is 2.84. The number of sulfone groups is 1. The van der Waals surface area contributed by atoms with E-state index in [4.69, 9.17) is 5.26 Å². The van der Waals surface area contributed by atoms with Crippen LogP contribution in [0.1, 0.15) is 15.9 Å². The molecule has 0 spiro atoms. The van der Waals surface area contributed by atoms with E-state index >= 15 is 0 Å². The molecule has 20 heavy (non-hydrogen) atoms. The predicted octanol–water partition coefficient (Wildman–Crippen LogP) is 0.937. The number of hydrogen-bond donors (Lipinski definition) is 2. The van der Waals surface area contributed by atoms with Crippen LogP contribution in [-0.2, 0) is 9.84 Å². The lowest BCUT2D eigenvalue weighted by molar-refractivity contribution is 0.102. The molecule has 0 fully saturated rings. The Kier molecular flexibility index (Phi) is 3.54. The van der Waals surface area contributed by atoms with Gasteiger partial charge in [0.1, 0.15) is 17.5 Å². The van der Waals surface area contributed by atoms with Crippen molar-refractivity contribution in [2.24, 2.45) is 0 Å². The van der Waals surface area contributed by atoms with Crippen LogP contribution in [0.3, 0.4) is 0 Å². The molecule has 7 nitrogen and oxygen atoms in total. The number of nitrogens with zero attached hydrogens (tertiary/aromatic N) is 2. The molecular formula is C12H10N4O3S. The minimum atomic E-state index is -3.39. The first-order chi connectivity index (χ1) is 9.41. The van der Waals surface area contributed by atoms with Crippen molar-refractivity contribution < 1.29 is 13.2 Å². The maximum Gasteiger partial charge on any atom is 0.256 e. The molecule has 2 N–H and O–H groups in total. The largest absolute Gasteiger partial charge is 0.306 e. The second-order valence-corrected chi connectivity index (χ2v) is 6.04. The number of nitriles is 1. The van der Waals surface area contributed by atoms with Crippen LogP contribution in [0.4, 0.5) is 5.82 Å². The molecule has 0 saturated heterocycles. The van der Waals surface area contributed by atoms with E-state index in [-0.39, 0.29) is 21.8 Å². The number of anilines is 1. The quantitative estimate of drug-likeness (QED) is 0.872. The molecule has 2 aromatic rings. The average Bonchev–Trinajstić information content (AvgIpc) is 2.85. The number of carbonyl (C=O) groups excluding carboxylic acids is 1. The Labute approximate surface area is 115 Å². The summed E-state index contributed by atoms with van der Waals surface area (Å²) in [7, 11) is -3.39. The summed E-state index contributed by atoms with van der Waals surface area (Å²) in [5, 5.41) is 17.4. The molecule has 0 aliphatic rings. The minimum absolute atomic E-state index is 0.0512. The van der Waals surface area contributed by atoms with Gasteiger partial charge in [0, 0.05) is 11.8 Å². The topological polar surface area (TPSA) is 116 Å². The first-order valence-electron chi connectivity index (χ1n) is 5.47. The van der Waals surface area contributed by atoms with Gasteiger partial charge in [0.05, 0.1) is 11.1 Å². The van der Waals surface area contributed by atoms with Gasteiger partial charge >= 0.3 is 0 Å². The number of H-pyrrole nitrogens is 1. The molecule has 0 radical (unpaired) electrons. The van der Waals surface area contributed by atoms with Gasteiger partial charge in [0.2, 0.25) is 0 Å². The van der Waals surface area contributed by atoms with Gasteiger partial charge < -0.3 is 5.32 Å². The lowest BCUT2D eigenvalue weighted by Crippen LogP contribution is -2.13. The van der Waals surface area contributed by atoms with Gasteiger partial charge in [-0.1, -0.05) is 6.07 Å². The van der Waals surface area contributed by atoms with Gasteiger partial charge in [-0.2, -0.15) is 10.4 Å². The second-order valence-electron chi connectivity index (χ2n) is 4.02. The normalized spacial score (nSPS) is 10.8. The van der Waals surface area contributed by atoms with Crippen LogP contribution < -0.4 is 5.32 Å². The Hall–Kier alpha value is -2.66. The highest BCUT2D eigenvalue weighted by Gasteiger charge is 2.13. The Bertz CT molecular complexity index is 802. The lowest BCUT2D eigenvalue weighted by atomic mass is 10.2. The molecule has 2 rings (SSSR count). The summed E-state index contributed by atoms with van der Waals surface area (Å²) in [5.74, 6) is -0.362. The van der Waals surface area contributed by atoms with Gasteiger partial charge in [0.25, 0.3) is 5.91 Å². The molecule has 0 atom stereocenters. The highest BCUT2D eigenvalue weighted by molar-refractivity contribution is 7.90. The van der Waals surface area contributed by atoms with Crippen LogP contribution in [0.25, 0.3) is 0 Å². The number of rotatable bonds is 3. The van der Waals surface area contributed by atoms with Crippen molar-refractivity contribution in [3.05, 3.63) is 41.6 Å². The minimum Gasteiger partial charge on any atom is -0.306 e. The van der Waals surface area contributed by atoms with Gasteiger partial charge in [-0.15, -0.1) is 0 Å². The summed E-state index contributed by atoms with van der Waals surface area (Å²) in [5.41, 5.74) is 0.365. The van der Waals surface area contributed by atoms with E-state index in [0.717, 1.165) is 6.26 Å². The molecule has 0 saturated carbocycles. The van der Waals surface area contributed by atoms with Crippen LogP contribution in [0.2, 0.25) is 0 Å². The monoisotopic (exact) mass is 290 g/mol. The zero-order valence-corrected chi connectivity index (χ0v) is 11.2. The van der Waals surface area contributed by atoms with Gasteiger partial charge in [-0.05, 0) is 18.2 Å². The van der Waals surface area contributed by atoms with Crippen molar-refractivity contribution in [2.45, 2.75) is 4.90 Å². The average molecular weight is 290 g/mol. The SMILES string of the molecule is CS(=O)(=O)c1cccc(C(=O)Nc2[nH]ncc2C#N)c1. The predicted molar refractivity (Wildman–Crippen MR) is 70.8 cm³/mol. The molecule has 1 heterocycles. The van der Waals surface area contributed by atoms with Crippen molar-refractivity contribution in [1.29, 1.82) is 5.26 Å². The van der Waals surface area contributed by atoms with Crippen molar-refractivity contribution >= 4 is 21.6 Å². The number of aromatic amines is 1. The van der Waals surface area contributed by atoms with Crippen LogP contribution in [0.15, 0.2) is 35.4 Å². The lowest BCUT2D eigenvalue weighted by Gasteiger charge is -2.05. The fourth-order valence-electron chi connectivity index (χ4n) is 1.52. The van der Waals surface area contributed by atoms with Crippen LogP contribution >= 0.6 is 0 Å². The number of hydrogen-bond acceptors (Lipinski definition) is 5. The molecule has 8 heteroatoms. The molecule has 1 amide bonds. The van der Waals surface area contributed by atoms with Gasteiger partial charge in [-0.3, -0.25) is 9.89 Å². The summed E-state index contributed by atoms with van der Waals surface area (Å²) >= 11 is 0. The first-order valence-corrected chi connectivity index (χ1v) is 7.36. The van der Waals surface area contributed by atoms with Gasteiger partial charge in [-0.25, -0.2) is 8.42 Å². The number of nitrogens with one attached hydrogen (secondary N) is 2. The summed E-state index contributed by atoms with van der Waals surface area (Å²) < 4.78 is 22.9. The third-order valence-electron chi connectivity index (χ3n) is 2.52. The van der Waals surface area contributed by atoms with Crippen LogP contribution in [0, 0.1) is 11.3 Å². The second kappa shape index (κ2) is 5.14. The van der Waals surface area contributed by atoms with E-state index in [2.05, 4.69) is 15.5 Å². The first kappa shape index (κ1) is 13.8. The van der Waals surface area contributed by atoms with Crippen molar-refractivity contribution in [3.8, 4) is 6.07 Å². The molecule has 1 aromatic heterocycles. The van der Waals surface area contributed by atoms with E-state index in [1.165, 1.54) is 30.5 Å². The molecule has 0 unspecified atom stereocenters. The maximum atomic E-state index is 12.0. The fourth-order valence-corrected chi connectivity index (χ4v) is 2.19. The maximum absolute atomic E-state index is 12.0. The Morgan fingerprint density at radius 1 is 1.45 bits per heavy atom. The number of amides is 1. The molecule has 0 aliphatic carbocycles. The standard InChI is InChI=1S/C12H10N4O3S/c1-20(18,19)10-4-2-3-8(5-10)12(17)15-11-9(6-13)7-14-16-11/h2-5,7H,1H3,(H2,14,15,16,17). The smallest absolute Gasteiger partial charge is 0.256 e. The highest BCUT2D eigenvalue weighted by Crippen LogP contribution is 2.14. The molecule has 0 aliphatic heterocycles. The van der Waals surface area contributed by atoms with Gasteiger partial charge in [0.15, 0.2) is 9.84 Å². The highest BCUT2D eigenvalue weighted by atomic mass is 32.2. The molecule has 102 valence electrons. The summed E-state index contributed by atoms with van der Waals surface area (Å²) in [6, 6.07) is 7.49. The van der Waals surface area contributed by atoms with E-state index in [1.807, 2.05) is 6.07 Å². The number of carbonyl (C=O) groups is 1. The zero-order chi connectivity index (χ0) is 14.8. The zero-order valence-electron chi connectivity index (χ0n) is 10.4. The van der Waals surface area contributed by atoms with E-state index in [9.17, 15) is 13.2 Å². The number of benzene rings is 1. The Balaban J connectivity index is 2.29. The van der Waals surface area contributed by atoms with Crippen molar-refractivity contribution in [2.75, 3.05) is 11.6 Å². The molecule has 1 aromatic carbocycles. The summed E-state index contributed by atoms with van der Waals surface area (Å²) in [4.78, 5) is 12.0. The summed E-state index contributed by atoms with van der Waals surface area (Å²) in [6.07, 6.45) is 2.34. The molecular weight excluding hydrogens is 280 g/mol. The van der Waals surface area contributed by atoms with Crippen molar-refractivity contribution in [1.82, 2.24) is 10.2 Å². The molecule has 0 bridgehead atoms. The number of aromatic nitrogens is 2.